The van der Waals surface area contributed by atoms with E-state index in [4.69, 9.17) is 4.74 Å². The molecule has 1 atom stereocenters. The van der Waals surface area contributed by atoms with Crippen LogP contribution >= 0.6 is 0 Å². The van der Waals surface area contributed by atoms with Crippen LogP contribution in [0.4, 0.5) is 4.39 Å². The number of rotatable bonds is 8. The minimum atomic E-state index is -3.29. The molecule has 8 heteroatoms. The van der Waals surface area contributed by atoms with Crippen molar-refractivity contribution in [1.29, 1.82) is 0 Å². The van der Waals surface area contributed by atoms with Gasteiger partial charge in [-0.15, -0.1) is 0 Å². The van der Waals surface area contributed by atoms with Crippen LogP contribution in [-0.2, 0) is 29.4 Å². The standard InChI is InChI=1S/C24H28FN3O3S/c1-32(29,30)24-14-26-27-22(24)13-18-7-5-11-28(15-18)16-20-8-2-3-10-23(20)31-17-19-6-4-9-21(25)12-19/h2-4,6,8-10,12,14,18H,5,7,11,13,15-17H2,1H3,(H,26,27). The van der Waals surface area contributed by atoms with E-state index in [0.717, 1.165) is 49.4 Å². The molecular formula is C24H28FN3O3S. The number of likely N-dealkylation sites (tertiary alicyclic amines) is 1. The number of hydrogen-bond acceptors (Lipinski definition) is 5. The number of nitrogens with zero attached hydrogens (tertiary/aromatic N) is 2. The zero-order chi connectivity index (χ0) is 22.6. The molecule has 6 nitrogen and oxygen atoms in total. The van der Waals surface area contributed by atoms with Crippen LogP contribution in [0.1, 0.15) is 29.7 Å². The summed E-state index contributed by atoms with van der Waals surface area (Å²) in [5.41, 5.74) is 2.57. The van der Waals surface area contributed by atoms with Gasteiger partial charge < -0.3 is 4.74 Å². The number of H-pyrrole nitrogens is 1. The summed E-state index contributed by atoms with van der Waals surface area (Å²) in [6.45, 7) is 2.92. The zero-order valence-corrected chi connectivity index (χ0v) is 18.9. The number of aromatic amines is 1. The average Bonchev–Trinajstić information content (AvgIpc) is 3.22. The van der Waals surface area contributed by atoms with Gasteiger partial charge in [-0.1, -0.05) is 30.3 Å². The summed E-state index contributed by atoms with van der Waals surface area (Å²) in [5.74, 6) is 0.881. The fourth-order valence-electron chi connectivity index (χ4n) is 4.32. The van der Waals surface area contributed by atoms with E-state index in [1.54, 1.807) is 6.07 Å². The minimum Gasteiger partial charge on any atom is -0.489 e. The van der Waals surface area contributed by atoms with Crippen LogP contribution in [0.5, 0.6) is 5.75 Å². The van der Waals surface area contributed by atoms with E-state index in [1.165, 1.54) is 24.6 Å². The molecule has 0 aliphatic carbocycles. The van der Waals surface area contributed by atoms with E-state index < -0.39 is 9.84 Å². The zero-order valence-electron chi connectivity index (χ0n) is 18.1. The summed E-state index contributed by atoms with van der Waals surface area (Å²) >= 11 is 0. The summed E-state index contributed by atoms with van der Waals surface area (Å²) in [7, 11) is -3.29. The Balaban J connectivity index is 1.40. The Morgan fingerprint density at radius 3 is 2.88 bits per heavy atom. The van der Waals surface area contributed by atoms with E-state index in [2.05, 4.69) is 21.2 Å². The first-order valence-corrected chi connectivity index (χ1v) is 12.7. The van der Waals surface area contributed by atoms with Crippen molar-refractivity contribution >= 4 is 9.84 Å². The first-order chi connectivity index (χ1) is 15.4. The van der Waals surface area contributed by atoms with Crippen LogP contribution < -0.4 is 4.74 Å². The van der Waals surface area contributed by atoms with E-state index in [-0.39, 0.29) is 5.82 Å². The highest BCUT2D eigenvalue weighted by Crippen LogP contribution is 2.27. The molecule has 0 amide bonds. The Labute approximate surface area is 188 Å². The van der Waals surface area contributed by atoms with Gasteiger partial charge in [-0.2, -0.15) is 5.10 Å². The van der Waals surface area contributed by atoms with Gasteiger partial charge >= 0.3 is 0 Å². The highest BCUT2D eigenvalue weighted by atomic mass is 32.2. The van der Waals surface area contributed by atoms with Crippen LogP contribution in [0, 0.1) is 11.7 Å². The smallest absolute Gasteiger partial charge is 0.178 e. The Bertz CT molecular complexity index is 1160. The molecule has 0 spiro atoms. The monoisotopic (exact) mass is 457 g/mol. The number of para-hydroxylation sites is 1. The normalized spacial score (nSPS) is 17.4. The number of halogens is 1. The maximum Gasteiger partial charge on any atom is 0.178 e. The number of aromatic nitrogens is 2. The lowest BCUT2D eigenvalue weighted by atomic mass is 9.93. The van der Waals surface area contributed by atoms with E-state index in [1.807, 2.05) is 24.3 Å². The van der Waals surface area contributed by atoms with Gasteiger partial charge in [-0.3, -0.25) is 10.00 Å². The van der Waals surface area contributed by atoms with Crippen molar-refractivity contribution in [3.05, 3.63) is 77.4 Å². The third kappa shape index (κ3) is 5.75. The van der Waals surface area contributed by atoms with E-state index >= 15 is 0 Å². The quantitative estimate of drug-likeness (QED) is 0.554. The average molecular weight is 458 g/mol. The second-order valence-corrected chi connectivity index (χ2v) is 10.4. The molecule has 1 aliphatic heterocycles. The molecule has 0 bridgehead atoms. The van der Waals surface area contributed by atoms with Crippen molar-refractivity contribution in [3.63, 3.8) is 0 Å². The second kappa shape index (κ2) is 9.83. The lowest BCUT2D eigenvalue weighted by Gasteiger charge is -2.33. The number of sulfone groups is 1. The van der Waals surface area contributed by atoms with Crippen molar-refractivity contribution in [2.24, 2.45) is 5.92 Å². The SMILES string of the molecule is CS(=O)(=O)c1cn[nH]c1CC1CCCN(Cc2ccccc2OCc2cccc(F)c2)C1. The third-order valence-corrected chi connectivity index (χ3v) is 6.97. The molecule has 32 heavy (non-hydrogen) atoms. The molecule has 1 N–H and O–H groups in total. The van der Waals surface area contributed by atoms with Crippen LogP contribution in [0.25, 0.3) is 0 Å². The van der Waals surface area contributed by atoms with Gasteiger partial charge in [0.2, 0.25) is 0 Å². The Kier molecular flexibility index (Phi) is 6.91. The van der Waals surface area contributed by atoms with Crippen LogP contribution in [0.3, 0.4) is 0 Å². The molecule has 1 unspecified atom stereocenters. The molecule has 1 fully saturated rings. The summed E-state index contributed by atoms with van der Waals surface area (Å²) < 4.78 is 43.4. The largest absolute Gasteiger partial charge is 0.489 e. The maximum absolute atomic E-state index is 13.4. The van der Waals surface area contributed by atoms with Crippen LogP contribution in [0.15, 0.2) is 59.6 Å². The van der Waals surface area contributed by atoms with Gasteiger partial charge in [-0.25, -0.2) is 12.8 Å². The topological polar surface area (TPSA) is 75.3 Å². The molecule has 0 saturated carbocycles. The van der Waals surface area contributed by atoms with Crippen molar-refractivity contribution in [3.8, 4) is 5.75 Å². The van der Waals surface area contributed by atoms with Crippen LogP contribution in [0.2, 0.25) is 0 Å². The fourth-order valence-corrected chi connectivity index (χ4v) is 5.14. The molecule has 2 heterocycles. The highest BCUT2D eigenvalue weighted by Gasteiger charge is 2.24. The number of ether oxygens (including phenoxy) is 1. The Morgan fingerprint density at radius 1 is 1.22 bits per heavy atom. The first-order valence-electron chi connectivity index (χ1n) is 10.8. The second-order valence-electron chi connectivity index (χ2n) is 8.46. The predicted molar refractivity (Wildman–Crippen MR) is 121 cm³/mol. The molecule has 1 aromatic heterocycles. The summed E-state index contributed by atoms with van der Waals surface area (Å²) in [5, 5.41) is 6.82. The number of benzene rings is 2. The highest BCUT2D eigenvalue weighted by molar-refractivity contribution is 7.90. The molecule has 1 saturated heterocycles. The summed E-state index contributed by atoms with van der Waals surface area (Å²) in [4.78, 5) is 2.68. The summed E-state index contributed by atoms with van der Waals surface area (Å²) in [6, 6.07) is 14.4. The Morgan fingerprint density at radius 2 is 2.06 bits per heavy atom. The number of piperidine rings is 1. The Hall–Kier alpha value is -2.71. The lowest BCUT2D eigenvalue weighted by Crippen LogP contribution is -2.36. The van der Waals surface area contributed by atoms with E-state index in [0.29, 0.717) is 29.5 Å². The van der Waals surface area contributed by atoms with Gasteiger partial charge in [0, 0.05) is 24.9 Å². The minimum absolute atomic E-state index is 0.268. The number of nitrogens with one attached hydrogen (secondary N) is 1. The van der Waals surface area contributed by atoms with Gasteiger partial charge in [0.1, 0.15) is 23.1 Å². The molecule has 0 radical (unpaired) electrons. The third-order valence-electron chi connectivity index (χ3n) is 5.82. The number of hydrogen-bond donors (Lipinski definition) is 1. The summed E-state index contributed by atoms with van der Waals surface area (Å²) in [6.07, 6.45) is 5.39. The van der Waals surface area contributed by atoms with E-state index in [9.17, 15) is 12.8 Å². The molecule has 170 valence electrons. The van der Waals surface area contributed by atoms with Crippen molar-refractivity contribution in [2.75, 3.05) is 19.3 Å². The lowest BCUT2D eigenvalue weighted by molar-refractivity contribution is 0.163. The van der Waals surface area contributed by atoms with Crippen molar-refractivity contribution in [2.45, 2.75) is 37.3 Å². The van der Waals surface area contributed by atoms with Gasteiger partial charge in [-0.05, 0) is 55.5 Å². The molecule has 3 aromatic rings. The molecule has 4 rings (SSSR count). The van der Waals surface area contributed by atoms with Crippen molar-refractivity contribution < 1.29 is 17.5 Å². The maximum atomic E-state index is 13.4. The fraction of sp³-hybridized carbons (Fsp3) is 0.375. The van der Waals surface area contributed by atoms with Gasteiger partial charge in [0.25, 0.3) is 0 Å². The first kappa shape index (κ1) is 22.5. The molecular weight excluding hydrogens is 429 g/mol. The molecule has 1 aliphatic rings. The molecule has 2 aromatic carbocycles. The predicted octanol–water partition coefficient (Wildman–Crippen LogP) is 3.99. The van der Waals surface area contributed by atoms with Crippen molar-refractivity contribution in [1.82, 2.24) is 15.1 Å². The van der Waals surface area contributed by atoms with Gasteiger partial charge in [0.15, 0.2) is 9.84 Å². The van der Waals surface area contributed by atoms with Gasteiger partial charge in [0.05, 0.1) is 11.9 Å². The van der Waals surface area contributed by atoms with Crippen LogP contribution in [-0.4, -0.2) is 42.9 Å².